The Morgan fingerprint density at radius 2 is 1.68 bits per heavy atom. The first kappa shape index (κ1) is 30.4. The lowest BCUT2D eigenvalue weighted by Gasteiger charge is -2.26. The second kappa shape index (κ2) is 10.9. The number of carbonyl (C=O) groups excluding carboxylic acids is 1. The van der Waals surface area contributed by atoms with Gasteiger partial charge in [-0.05, 0) is 60.2 Å². The van der Waals surface area contributed by atoms with Crippen LogP contribution in [0.2, 0.25) is 0 Å². The normalized spacial score (nSPS) is 14.2. The second-order valence-corrected chi connectivity index (χ2v) is 13.5. The maximum Gasteiger partial charge on any atom is 0.298 e. The number of para-hydroxylation sites is 1. The van der Waals surface area contributed by atoms with Gasteiger partial charge in [-0.2, -0.15) is 0 Å². The molecule has 12 heteroatoms. The molecule has 1 aliphatic rings. The van der Waals surface area contributed by atoms with Gasteiger partial charge in [-0.3, -0.25) is 9.10 Å². The number of nitrogens with zero attached hydrogens (tertiary/aromatic N) is 2. The summed E-state index contributed by atoms with van der Waals surface area (Å²) in [5.74, 6) is -3.64. The Balaban J connectivity index is 1.51. The summed E-state index contributed by atoms with van der Waals surface area (Å²) in [7, 11) is -0.910. The average molecular weight is 660 g/mol. The van der Waals surface area contributed by atoms with E-state index in [-0.39, 0.29) is 28.3 Å². The van der Waals surface area contributed by atoms with Crippen LogP contribution in [0.1, 0.15) is 10.4 Å². The number of ether oxygens (including phenoxy) is 1. The molecule has 240 valence electrons. The molecule has 7 rings (SSSR count). The van der Waals surface area contributed by atoms with Crippen LogP contribution in [-0.2, 0) is 16.6 Å². The predicted octanol–water partition coefficient (Wildman–Crippen LogP) is 7.31. The Morgan fingerprint density at radius 3 is 2.40 bits per heavy atom. The predicted molar refractivity (Wildman–Crippen MR) is 175 cm³/mol. The molecule has 0 bridgehead atoms. The molecule has 4 aromatic carbocycles. The third kappa shape index (κ3) is 5.28. The molecule has 1 N–H and O–H groups in total. The van der Waals surface area contributed by atoms with Gasteiger partial charge in [-0.25, -0.2) is 21.6 Å². The number of hydrogen-bond donors (Lipinski definition) is 1. The Morgan fingerprint density at radius 1 is 0.957 bits per heavy atom. The minimum Gasteiger partial charge on any atom is -0.487 e. The van der Waals surface area contributed by atoms with E-state index in [0.717, 1.165) is 15.9 Å². The topological polar surface area (TPSA) is 93.8 Å². The van der Waals surface area contributed by atoms with E-state index in [1.165, 1.54) is 44.4 Å². The van der Waals surface area contributed by atoms with Crippen molar-refractivity contribution in [3.63, 3.8) is 0 Å². The molecule has 3 heterocycles. The first-order valence-corrected chi connectivity index (χ1v) is 16.5. The number of amides is 1. The zero-order valence-electron chi connectivity index (χ0n) is 25.5. The van der Waals surface area contributed by atoms with E-state index in [2.05, 4.69) is 5.32 Å². The third-order valence-electron chi connectivity index (χ3n) is 8.41. The highest BCUT2D eigenvalue weighted by Crippen LogP contribution is 2.45. The lowest BCUT2D eigenvalue weighted by atomic mass is 9.96. The lowest BCUT2D eigenvalue weighted by molar-refractivity contribution is -0.0545. The fourth-order valence-corrected chi connectivity index (χ4v) is 6.55. The van der Waals surface area contributed by atoms with Crippen molar-refractivity contribution in [1.29, 1.82) is 0 Å². The number of anilines is 1. The highest BCUT2D eigenvalue weighted by Gasteiger charge is 2.35. The van der Waals surface area contributed by atoms with Crippen molar-refractivity contribution in [2.75, 3.05) is 31.3 Å². The van der Waals surface area contributed by atoms with Crippen molar-refractivity contribution in [2.24, 2.45) is 0 Å². The Bertz CT molecular complexity index is 2330. The summed E-state index contributed by atoms with van der Waals surface area (Å²) in [5.41, 5.74) is 3.76. The van der Waals surface area contributed by atoms with Crippen molar-refractivity contribution < 1.29 is 35.5 Å². The minimum absolute atomic E-state index is 0.181. The molecular formula is C35H28F3N3O5S. The van der Waals surface area contributed by atoms with Crippen LogP contribution >= 0.6 is 0 Å². The standard InChI is InChI=1S/C35H28F3N3O5S/c1-39-34(42)32-26-16-24(28(40(2)47(3,43)44)17-31(26)46-33(32)20-8-11-23(36)12-9-20)21-10-13-30-25(14-21)29-15-22-6-4-5-7-27(22)41(29)18-35(37,38)19-45-30/h4-17H,18-19H2,1-3H3,(H,39,42). The van der Waals surface area contributed by atoms with Crippen molar-refractivity contribution in [3.8, 4) is 39.5 Å². The molecule has 2 aromatic heterocycles. The summed E-state index contributed by atoms with van der Waals surface area (Å²) in [4.78, 5) is 13.3. The van der Waals surface area contributed by atoms with Gasteiger partial charge in [0.15, 0.2) is 6.61 Å². The van der Waals surface area contributed by atoms with Crippen LogP contribution in [-0.4, -0.2) is 51.8 Å². The number of rotatable bonds is 5. The summed E-state index contributed by atoms with van der Waals surface area (Å²) < 4.78 is 84.0. The Hall–Kier alpha value is -5.23. The van der Waals surface area contributed by atoms with Gasteiger partial charge in [0.2, 0.25) is 10.0 Å². The molecule has 1 amide bonds. The van der Waals surface area contributed by atoms with Gasteiger partial charge in [0, 0.05) is 53.1 Å². The van der Waals surface area contributed by atoms with Gasteiger partial charge in [0.1, 0.15) is 22.9 Å². The van der Waals surface area contributed by atoms with Gasteiger partial charge in [0.05, 0.1) is 29.7 Å². The fourth-order valence-electron chi connectivity index (χ4n) is 6.05. The van der Waals surface area contributed by atoms with Crippen molar-refractivity contribution >= 4 is 43.5 Å². The molecule has 47 heavy (non-hydrogen) atoms. The second-order valence-electron chi connectivity index (χ2n) is 11.5. The van der Waals surface area contributed by atoms with E-state index in [1.54, 1.807) is 41.0 Å². The number of fused-ring (bicyclic) bond motifs is 6. The highest BCUT2D eigenvalue weighted by molar-refractivity contribution is 7.92. The fraction of sp³-hybridized carbons (Fsp3) is 0.171. The Labute approximate surface area is 268 Å². The molecule has 0 saturated heterocycles. The van der Waals surface area contributed by atoms with Crippen LogP contribution in [0, 0.1) is 5.82 Å². The summed E-state index contributed by atoms with van der Waals surface area (Å²) in [6.07, 6.45) is 1.07. The number of sulfonamides is 1. The smallest absolute Gasteiger partial charge is 0.298 e. The third-order valence-corrected chi connectivity index (χ3v) is 9.60. The summed E-state index contributed by atoms with van der Waals surface area (Å²) in [6.45, 7) is -1.42. The van der Waals surface area contributed by atoms with Gasteiger partial charge in [-0.15, -0.1) is 0 Å². The van der Waals surface area contributed by atoms with E-state index >= 15 is 0 Å². The largest absolute Gasteiger partial charge is 0.487 e. The molecule has 8 nitrogen and oxygen atoms in total. The van der Waals surface area contributed by atoms with Crippen molar-refractivity contribution in [3.05, 3.63) is 96.3 Å². The lowest BCUT2D eigenvalue weighted by Crippen LogP contribution is -2.32. The number of aromatic nitrogens is 1. The molecule has 0 aliphatic carbocycles. The molecule has 0 atom stereocenters. The van der Waals surface area contributed by atoms with Crippen LogP contribution in [0.5, 0.6) is 5.75 Å². The van der Waals surface area contributed by atoms with Crippen LogP contribution < -0.4 is 14.4 Å². The number of alkyl halides is 2. The number of halogens is 3. The van der Waals surface area contributed by atoms with Crippen LogP contribution in [0.25, 0.3) is 55.6 Å². The molecule has 1 aliphatic heterocycles. The van der Waals surface area contributed by atoms with Crippen molar-refractivity contribution in [1.82, 2.24) is 9.88 Å². The van der Waals surface area contributed by atoms with Gasteiger partial charge in [0.25, 0.3) is 11.8 Å². The molecule has 6 aromatic rings. The molecule has 0 saturated carbocycles. The number of benzene rings is 4. The number of carbonyl (C=O) groups is 1. The van der Waals surface area contributed by atoms with Crippen molar-refractivity contribution in [2.45, 2.75) is 12.5 Å². The number of furan rings is 1. The van der Waals surface area contributed by atoms with Gasteiger partial charge >= 0.3 is 0 Å². The molecular weight excluding hydrogens is 631 g/mol. The van der Waals surface area contributed by atoms with E-state index in [1.807, 2.05) is 18.2 Å². The first-order valence-electron chi connectivity index (χ1n) is 14.6. The maximum absolute atomic E-state index is 15.0. The molecule has 0 unspecified atom stereocenters. The van der Waals surface area contributed by atoms with E-state index in [9.17, 15) is 26.4 Å². The number of hydrogen-bond acceptors (Lipinski definition) is 5. The first-order chi connectivity index (χ1) is 22.3. The van der Waals surface area contributed by atoms with E-state index in [0.29, 0.717) is 38.9 Å². The summed E-state index contributed by atoms with van der Waals surface area (Å²) >= 11 is 0. The van der Waals surface area contributed by atoms with Crippen LogP contribution in [0.15, 0.2) is 89.3 Å². The maximum atomic E-state index is 15.0. The minimum atomic E-state index is -3.78. The quantitative estimate of drug-likeness (QED) is 0.210. The zero-order valence-corrected chi connectivity index (χ0v) is 26.3. The monoisotopic (exact) mass is 659 g/mol. The average Bonchev–Trinajstić information content (AvgIpc) is 3.59. The van der Waals surface area contributed by atoms with Crippen LogP contribution in [0.3, 0.4) is 0 Å². The number of nitrogens with one attached hydrogen (secondary N) is 1. The van der Waals surface area contributed by atoms with E-state index in [4.69, 9.17) is 9.15 Å². The Kier molecular flexibility index (Phi) is 7.08. The zero-order chi connectivity index (χ0) is 33.2. The van der Waals surface area contributed by atoms with Crippen LogP contribution in [0.4, 0.5) is 18.9 Å². The van der Waals surface area contributed by atoms with E-state index < -0.39 is 40.8 Å². The summed E-state index contributed by atoms with van der Waals surface area (Å²) in [5, 5.41) is 3.79. The molecule has 0 spiro atoms. The highest BCUT2D eigenvalue weighted by atomic mass is 32.2. The van der Waals surface area contributed by atoms with Gasteiger partial charge < -0.3 is 19.0 Å². The molecule has 0 radical (unpaired) electrons. The SMILES string of the molecule is CNC(=O)c1c(-c2ccc(F)cc2)oc2cc(N(C)S(C)(=O)=O)c(-c3ccc4c(c3)-c3cc5ccccc5n3CC(F)(F)CO4)cc12. The summed E-state index contributed by atoms with van der Waals surface area (Å²) in [6, 6.07) is 22.8. The van der Waals surface area contributed by atoms with Gasteiger partial charge in [-0.1, -0.05) is 24.3 Å². The molecule has 0 fully saturated rings.